The van der Waals surface area contributed by atoms with Gasteiger partial charge >= 0.3 is 0 Å². The van der Waals surface area contributed by atoms with Crippen molar-refractivity contribution in [2.24, 2.45) is 0 Å². The van der Waals surface area contributed by atoms with Gasteiger partial charge in [0.25, 0.3) is 0 Å². The molecule has 218 valence electrons. The average molecular weight is 601 g/mol. The van der Waals surface area contributed by atoms with Crippen molar-refractivity contribution >= 4 is 82.1 Å². The van der Waals surface area contributed by atoms with Crippen LogP contribution in [0.3, 0.4) is 0 Å². The normalized spacial score (nSPS) is 12.3. The average Bonchev–Trinajstić information content (AvgIpc) is 3.79. The minimum absolute atomic E-state index is 0.853. The third-order valence-electron chi connectivity index (χ3n) is 9.72. The molecule has 0 saturated heterocycles. The van der Waals surface area contributed by atoms with E-state index < -0.39 is 0 Å². The van der Waals surface area contributed by atoms with E-state index in [1.165, 1.54) is 32.6 Å². The number of fused-ring (bicyclic) bond motifs is 15. The second-order valence-electron chi connectivity index (χ2n) is 12.1. The van der Waals surface area contributed by atoms with E-state index >= 15 is 0 Å². The maximum absolute atomic E-state index is 5.12. The molecule has 0 bridgehead atoms. The van der Waals surface area contributed by atoms with Crippen LogP contribution in [0.2, 0.25) is 0 Å². The molecular weight excluding hydrogens is 576 g/mol. The van der Waals surface area contributed by atoms with Crippen LogP contribution in [0.4, 0.5) is 0 Å². The lowest BCUT2D eigenvalue weighted by molar-refractivity contribution is 1.17. The summed E-state index contributed by atoms with van der Waals surface area (Å²) in [7, 11) is 0. The predicted molar refractivity (Wildman–Crippen MR) is 192 cm³/mol. The molecule has 6 heteroatoms. The van der Waals surface area contributed by atoms with Gasteiger partial charge < -0.3 is 9.13 Å². The third-order valence-corrected chi connectivity index (χ3v) is 9.72. The number of pyridine rings is 3. The first kappa shape index (κ1) is 24.8. The molecule has 0 fully saturated rings. The summed E-state index contributed by atoms with van der Waals surface area (Å²) in [6.07, 6.45) is 5.52. The van der Waals surface area contributed by atoms with Crippen LogP contribution in [0, 0.1) is 0 Å². The molecule has 0 aliphatic rings. The van der Waals surface area contributed by atoms with Crippen LogP contribution in [-0.2, 0) is 0 Å². The van der Waals surface area contributed by atoms with E-state index in [1.807, 2.05) is 30.7 Å². The highest BCUT2D eigenvalue weighted by atomic mass is 15.1. The Morgan fingerprint density at radius 1 is 0.447 bits per heavy atom. The van der Waals surface area contributed by atoms with Gasteiger partial charge in [0, 0.05) is 61.5 Å². The zero-order valence-corrected chi connectivity index (χ0v) is 25.0. The van der Waals surface area contributed by atoms with Crippen LogP contribution in [0.25, 0.3) is 93.5 Å². The molecule has 11 aromatic rings. The number of hydrogen-bond acceptors (Lipinski definition) is 3. The van der Waals surface area contributed by atoms with Gasteiger partial charge in [-0.15, -0.1) is 0 Å². The van der Waals surface area contributed by atoms with Gasteiger partial charge in [-0.1, -0.05) is 60.7 Å². The number of rotatable bonds is 2. The fraction of sp³-hybridized carbons (Fsp3) is 0. The Labute approximate surface area is 267 Å². The Bertz CT molecular complexity index is 3060. The molecule has 0 aliphatic heterocycles. The van der Waals surface area contributed by atoms with Gasteiger partial charge in [0.2, 0.25) is 0 Å². The monoisotopic (exact) mass is 600 g/mol. The predicted octanol–water partition coefficient (Wildman–Crippen LogP) is 9.78. The van der Waals surface area contributed by atoms with Crippen LogP contribution in [0.1, 0.15) is 0 Å². The van der Waals surface area contributed by atoms with E-state index in [0.717, 1.165) is 60.9 Å². The molecule has 0 radical (unpaired) electrons. The zero-order chi connectivity index (χ0) is 30.6. The van der Waals surface area contributed by atoms with Gasteiger partial charge in [0.05, 0.1) is 33.8 Å². The van der Waals surface area contributed by atoms with Crippen molar-refractivity contribution < 1.29 is 0 Å². The number of imidazole rings is 1. The van der Waals surface area contributed by atoms with E-state index in [2.05, 4.69) is 134 Å². The second-order valence-corrected chi connectivity index (χ2v) is 12.1. The van der Waals surface area contributed by atoms with Crippen molar-refractivity contribution in [3.05, 3.63) is 146 Å². The van der Waals surface area contributed by atoms with Crippen molar-refractivity contribution in [1.29, 1.82) is 0 Å². The molecule has 6 aromatic heterocycles. The van der Waals surface area contributed by atoms with Gasteiger partial charge in [-0.2, -0.15) is 0 Å². The van der Waals surface area contributed by atoms with E-state index in [4.69, 9.17) is 9.97 Å². The summed E-state index contributed by atoms with van der Waals surface area (Å²) in [4.78, 5) is 14.4. The smallest absolute Gasteiger partial charge is 0.147 e. The molecule has 0 spiro atoms. The summed E-state index contributed by atoms with van der Waals surface area (Å²) in [6.45, 7) is 0. The molecular formula is C41H24N6. The lowest BCUT2D eigenvalue weighted by Gasteiger charge is -2.13. The minimum Gasteiger partial charge on any atom is -0.309 e. The molecule has 0 unspecified atom stereocenters. The summed E-state index contributed by atoms with van der Waals surface area (Å²) >= 11 is 0. The quantitative estimate of drug-likeness (QED) is 0.186. The zero-order valence-electron chi connectivity index (χ0n) is 25.0. The number of aromatic nitrogens is 6. The lowest BCUT2D eigenvalue weighted by atomic mass is 10.0. The van der Waals surface area contributed by atoms with Gasteiger partial charge in [-0.05, 0) is 66.7 Å². The molecule has 0 amide bonds. The van der Waals surface area contributed by atoms with E-state index in [9.17, 15) is 0 Å². The van der Waals surface area contributed by atoms with E-state index in [0.29, 0.717) is 0 Å². The van der Waals surface area contributed by atoms with Crippen molar-refractivity contribution in [1.82, 2.24) is 28.5 Å². The molecule has 0 atom stereocenters. The molecule has 47 heavy (non-hydrogen) atoms. The minimum atomic E-state index is 0.853. The van der Waals surface area contributed by atoms with E-state index in [1.54, 1.807) is 0 Å². The van der Waals surface area contributed by atoms with Crippen LogP contribution >= 0.6 is 0 Å². The first-order valence-corrected chi connectivity index (χ1v) is 15.8. The van der Waals surface area contributed by atoms with Gasteiger partial charge in [-0.25, -0.2) is 9.97 Å². The van der Waals surface area contributed by atoms with Crippen molar-refractivity contribution in [3.8, 4) is 11.4 Å². The SMILES string of the molecule is c1ccc(-n2c3ccccc3c3cc4c5ccc6c(c7cccnc7n7c8ccncc8nc67)c5n(-c5ccccc5)c4cc32)cc1. The number of benzene rings is 5. The maximum Gasteiger partial charge on any atom is 0.147 e. The van der Waals surface area contributed by atoms with E-state index in [-0.39, 0.29) is 0 Å². The van der Waals surface area contributed by atoms with Crippen molar-refractivity contribution in [3.63, 3.8) is 0 Å². The third kappa shape index (κ3) is 3.21. The van der Waals surface area contributed by atoms with Gasteiger partial charge in [-0.3, -0.25) is 9.38 Å². The second kappa shape index (κ2) is 9.02. The number of hydrogen-bond donors (Lipinski definition) is 0. The van der Waals surface area contributed by atoms with Gasteiger partial charge in [0.1, 0.15) is 16.8 Å². The molecule has 11 rings (SSSR count). The van der Waals surface area contributed by atoms with Crippen LogP contribution in [0.15, 0.2) is 146 Å². The van der Waals surface area contributed by atoms with Crippen LogP contribution < -0.4 is 0 Å². The molecule has 0 aliphatic carbocycles. The summed E-state index contributed by atoms with van der Waals surface area (Å²) in [5.41, 5.74) is 10.5. The lowest BCUT2D eigenvalue weighted by Crippen LogP contribution is -1.98. The Balaban J connectivity index is 1.41. The molecule has 6 nitrogen and oxygen atoms in total. The maximum atomic E-state index is 5.12. The Morgan fingerprint density at radius 2 is 1.13 bits per heavy atom. The van der Waals surface area contributed by atoms with Crippen LogP contribution in [-0.4, -0.2) is 28.5 Å². The fourth-order valence-electron chi connectivity index (χ4n) is 7.82. The van der Waals surface area contributed by atoms with Crippen LogP contribution in [0.5, 0.6) is 0 Å². The number of para-hydroxylation sites is 3. The standard InChI is InChI=1S/C41H24N6/c1-3-10-25(11-4-1)45-34-16-8-7-14-27(34)31-22-32-28-17-18-30-38(39(28)46(37(32)23-36(31)45)26-12-5-2-6-13-26)29-15-9-20-43-40(29)47-35-19-21-42-24-33(35)44-41(30)47/h1-24H. The van der Waals surface area contributed by atoms with Crippen molar-refractivity contribution in [2.75, 3.05) is 0 Å². The Hall–Kier alpha value is -6.53. The largest absolute Gasteiger partial charge is 0.309 e. The first-order chi connectivity index (χ1) is 23.3. The highest BCUT2D eigenvalue weighted by molar-refractivity contribution is 6.29. The molecule has 5 aromatic carbocycles. The molecule has 0 saturated carbocycles. The fourth-order valence-corrected chi connectivity index (χ4v) is 7.82. The summed E-state index contributed by atoms with van der Waals surface area (Å²) in [6, 6.07) is 45.6. The summed E-state index contributed by atoms with van der Waals surface area (Å²) in [5, 5.41) is 8.19. The summed E-state index contributed by atoms with van der Waals surface area (Å²) in [5.74, 6) is 0. The van der Waals surface area contributed by atoms with Crippen molar-refractivity contribution in [2.45, 2.75) is 0 Å². The topological polar surface area (TPSA) is 52.9 Å². The molecule has 6 heterocycles. The Morgan fingerprint density at radius 3 is 1.98 bits per heavy atom. The molecule has 0 N–H and O–H groups in total. The number of nitrogens with zero attached hydrogens (tertiary/aromatic N) is 6. The highest BCUT2D eigenvalue weighted by Crippen LogP contribution is 2.44. The summed E-state index contributed by atoms with van der Waals surface area (Å²) < 4.78 is 7.01. The highest BCUT2D eigenvalue weighted by Gasteiger charge is 2.23. The first-order valence-electron chi connectivity index (χ1n) is 15.8. The Kier molecular flexibility index (Phi) is 4.75. The van der Waals surface area contributed by atoms with Gasteiger partial charge in [0.15, 0.2) is 0 Å².